The van der Waals surface area contributed by atoms with E-state index in [0.29, 0.717) is 37.6 Å². The summed E-state index contributed by atoms with van der Waals surface area (Å²) in [7, 11) is 0. The summed E-state index contributed by atoms with van der Waals surface area (Å²) in [6.07, 6.45) is 7.43. The molecular formula is C23H34N2O3. The van der Waals surface area contributed by atoms with E-state index in [-0.39, 0.29) is 11.3 Å². The van der Waals surface area contributed by atoms with Gasteiger partial charge in [0.05, 0.1) is 6.61 Å². The molecule has 4 rings (SSSR count). The van der Waals surface area contributed by atoms with Crippen molar-refractivity contribution in [1.29, 1.82) is 0 Å². The Morgan fingerprint density at radius 3 is 2.50 bits per heavy atom. The number of carbonyl (C=O) groups excluding carboxylic acids is 1. The average molecular weight is 387 g/mol. The monoisotopic (exact) mass is 386 g/mol. The molecule has 3 heterocycles. The quantitative estimate of drug-likeness (QED) is 0.756. The van der Waals surface area contributed by atoms with Crippen LogP contribution in [-0.4, -0.2) is 44.4 Å². The van der Waals surface area contributed by atoms with Gasteiger partial charge in [0, 0.05) is 43.7 Å². The van der Waals surface area contributed by atoms with Crippen LogP contribution in [0, 0.1) is 5.92 Å². The molecule has 0 spiro atoms. The summed E-state index contributed by atoms with van der Waals surface area (Å²) in [5, 5.41) is 6.95. The van der Waals surface area contributed by atoms with Gasteiger partial charge in [-0.2, -0.15) is 0 Å². The standard InChI is InChI=1S/C23H34N2O3/c1-2-28-21-7-3-18(4-8-21)23(9-11-27-12-10-23)16-24-22(26)15-17-13-19-5-6-20(14-17)25-19/h3-4,7-8,17,19-20,25H,2,5-6,9-16H2,1H3,(H,24,26). The normalized spacial score (nSPS) is 28.7. The van der Waals surface area contributed by atoms with Crippen molar-refractivity contribution >= 4 is 5.91 Å². The van der Waals surface area contributed by atoms with Crippen molar-refractivity contribution in [1.82, 2.24) is 10.6 Å². The molecule has 5 nitrogen and oxygen atoms in total. The van der Waals surface area contributed by atoms with Gasteiger partial charge >= 0.3 is 0 Å². The van der Waals surface area contributed by atoms with Crippen molar-refractivity contribution in [3.63, 3.8) is 0 Å². The van der Waals surface area contributed by atoms with Crippen LogP contribution in [0.5, 0.6) is 5.75 Å². The number of hydrogen-bond acceptors (Lipinski definition) is 4. The van der Waals surface area contributed by atoms with Crippen LogP contribution in [0.25, 0.3) is 0 Å². The lowest BCUT2D eigenvalue weighted by molar-refractivity contribution is -0.122. The van der Waals surface area contributed by atoms with E-state index >= 15 is 0 Å². The maximum Gasteiger partial charge on any atom is 0.220 e. The fourth-order valence-electron chi connectivity index (χ4n) is 5.34. The Morgan fingerprint density at radius 2 is 1.86 bits per heavy atom. The number of benzene rings is 1. The fraction of sp³-hybridized carbons (Fsp3) is 0.696. The molecule has 1 aromatic rings. The summed E-state index contributed by atoms with van der Waals surface area (Å²) < 4.78 is 11.2. The summed E-state index contributed by atoms with van der Waals surface area (Å²) in [6.45, 7) is 4.87. The highest BCUT2D eigenvalue weighted by molar-refractivity contribution is 5.76. The highest BCUT2D eigenvalue weighted by Gasteiger charge is 2.36. The van der Waals surface area contributed by atoms with Gasteiger partial charge in [0.25, 0.3) is 0 Å². The van der Waals surface area contributed by atoms with E-state index in [1.807, 2.05) is 19.1 Å². The van der Waals surface area contributed by atoms with Gasteiger partial charge in [-0.3, -0.25) is 4.79 Å². The minimum absolute atomic E-state index is 0.0359. The molecule has 3 aliphatic rings. The Kier molecular flexibility index (Phi) is 6.22. The summed E-state index contributed by atoms with van der Waals surface area (Å²) in [6, 6.07) is 9.69. The lowest BCUT2D eigenvalue weighted by atomic mass is 9.74. The van der Waals surface area contributed by atoms with E-state index in [1.54, 1.807) is 0 Å². The van der Waals surface area contributed by atoms with Crippen LogP contribution in [0.2, 0.25) is 0 Å². The highest BCUT2D eigenvalue weighted by atomic mass is 16.5. The number of fused-ring (bicyclic) bond motifs is 2. The molecule has 2 atom stereocenters. The Balaban J connectivity index is 1.37. The number of piperidine rings is 1. The molecule has 2 bridgehead atoms. The van der Waals surface area contributed by atoms with Gasteiger partial charge in [-0.05, 0) is 69.1 Å². The molecule has 0 radical (unpaired) electrons. The molecule has 3 aliphatic heterocycles. The van der Waals surface area contributed by atoms with Crippen LogP contribution in [0.15, 0.2) is 24.3 Å². The molecule has 5 heteroatoms. The number of carbonyl (C=O) groups is 1. The maximum atomic E-state index is 12.7. The van der Waals surface area contributed by atoms with E-state index in [1.165, 1.54) is 18.4 Å². The number of nitrogens with one attached hydrogen (secondary N) is 2. The molecule has 0 saturated carbocycles. The van der Waals surface area contributed by atoms with Crippen LogP contribution >= 0.6 is 0 Å². The van der Waals surface area contributed by atoms with Gasteiger partial charge in [0.1, 0.15) is 5.75 Å². The van der Waals surface area contributed by atoms with Crippen LogP contribution in [0.3, 0.4) is 0 Å². The first-order valence-corrected chi connectivity index (χ1v) is 11.0. The first-order chi connectivity index (χ1) is 13.7. The van der Waals surface area contributed by atoms with E-state index in [2.05, 4.69) is 22.8 Å². The summed E-state index contributed by atoms with van der Waals surface area (Å²) in [5.41, 5.74) is 1.24. The molecule has 1 aromatic carbocycles. The van der Waals surface area contributed by atoms with E-state index in [0.717, 1.165) is 44.6 Å². The second-order valence-electron chi connectivity index (χ2n) is 8.81. The number of amides is 1. The van der Waals surface area contributed by atoms with Crippen molar-refractivity contribution in [3.05, 3.63) is 29.8 Å². The predicted octanol–water partition coefficient (Wildman–Crippen LogP) is 3.17. The Morgan fingerprint density at radius 1 is 1.18 bits per heavy atom. The van der Waals surface area contributed by atoms with Crippen molar-refractivity contribution in [2.24, 2.45) is 5.92 Å². The lowest BCUT2D eigenvalue weighted by Gasteiger charge is -2.38. The zero-order valence-electron chi connectivity index (χ0n) is 17.0. The van der Waals surface area contributed by atoms with Gasteiger partial charge in [-0.25, -0.2) is 0 Å². The molecule has 2 unspecified atom stereocenters. The number of ether oxygens (including phenoxy) is 2. The zero-order valence-corrected chi connectivity index (χ0v) is 17.0. The van der Waals surface area contributed by atoms with Gasteiger partial charge in [0.15, 0.2) is 0 Å². The molecule has 28 heavy (non-hydrogen) atoms. The highest BCUT2D eigenvalue weighted by Crippen LogP contribution is 2.36. The van der Waals surface area contributed by atoms with Crippen LogP contribution in [0.4, 0.5) is 0 Å². The third-order valence-electron chi connectivity index (χ3n) is 6.90. The largest absolute Gasteiger partial charge is 0.494 e. The zero-order chi connectivity index (χ0) is 19.4. The first-order valence-electron chi connectivity index (χ1n) is 11.0. The molecule has 0 aromatic heterocycles. The maximum absolute atomic E-state index is 12.7. The van der Waals surface area contributed by atoms with Crippen molar-refractivity contribution < 1.29 is 14.3 Å². The van der Waals surface area contributed by atoms with Crippen LogP contribution in [-0.2, 0) is 14.9 Å². The Bertz CT molecular complexity index is 642. The number of hydrogen-bond donors (Lipinski definition) is 2. The predicted molar refractivity (Wildman–Crippen MR) is 110 cm³/mol. The van der Waals surface area contributed by atoms with E-state index in [9.17, 15) is 4.79 Å². The summed E-state index contributed by atoms with van der Waals surface area (Å²) >= 11 is 0. The van der Waals surface area contributed by atoms with Crippen LogP contribution < -0.4 is 15.4 Å². The minimum atomic E-state index is -0.0359. The van der Waals surface area contributed by atoms with Crippen LogP contribution in [0.1, 0.15) is 57.4 Å². The first kappa shape index (κ1) is 19.7. The smallest absolute Gasteiger partial charge is 0.220 e. The molecule has 2 N–H and O–H groups in total. The summed E-state index contributed by atoms with van der Waals surface area (Å²) in [4.78, 5) is 12.7. The second-order valence-corrected chi connectivity index (χ2v) is 8.81. The van der Waals surface area contributed by atoms with Gasteiger partial charge in [0.2, 0.25) is 5.91 Å². The summed E-state index contributed by atoms with van der Waals surface area (Å²) in [5.74, 6) is 1.65. The molecular weight excluding hydrogens is 352 g/mol. The Hall–Kier alpha value is -1.59. The van der Waals surface area contributed by atoms with E-state index in [4.69, 9.17) is 9.47 Å². The van der Waals surface area contributed by atoms with Gasteiger partial charge < -0.3 is 20.1 Å². The van der Waals surface area contributed by atoms with E-state index < -0.39 is 0 Å². The topological polar surface area (TPSA) is 59.6 Å². The molecule has 1 amide bonds. The molecule has 3 saturated heterocycles. The third kappa shape index (κ3) is 4.52. The molecule has 0 aliphatic carbocycles. The van der Waals surface area contributed by atoms with Gasteiger partial charge in [-0.15, -0.1) is 0 Å². The van der Waals surface area contributed by atoms with Gasteiger partial charge in [-0.1, -0.05) is 12.1 Å². The van der Waals surface area contributed by atoms with Crippen molar-refractivity contribution in [3.8, 4) is 5.75 Å². The van der Waals surface area contributed by atoms with Crippen molar-refractivity contribution in [2.45, 2.75) is 69.4 Å². The number of rotatable bonds is 7. The third-order valence-corrected chi connectivity index (χ3v) is 6.90. The minimum Gasteiger partial charge on any atom is -0.494 e. The SMILES string of the molecule is CCOc1ccc(C2(CNC(=O)CC3CC4CCC(C3)N4)CCOCC2)cc1. The average Bonchev–Trinajstić information content (AvgIpc) is 3.06. The second kappa shape index (κ2) is 8.83. The molecule has 3 fully saturated rings. The van der Waals surface area contributed by atoms with Crippen molar-refractivity contribution in [2.75, 3.05) is 26.4 Å². The molecule has 154 valence electrons. The lowest BCUT2D eigenvalue weighted by Crippen LogP contribution is -2.45. The Labute approximate surface area is 168 Å². The fourth-order valence-corrected chi connectivity index (χ4v) is 5.34.